The number of imidazole rings is 1. The maximum Gasteiger partial charge on any atom is 0.157 e. The van der Waals surface area contributed by atoms with Crippen LogP contribution in [0.25, 0.3) is 16.7 Å². The minimum absolute atomic E-state index is 0.0511. The molecule has 4 heterocycles. The molecule has 1 unspecified atom stereocenters. The van der Waals surface area contributed by atoms with Gasteiger partial charge in [-0.25, -0.2) is 4.98 Å². The average molecular weight is 385 g/mol. The summed E-state index contributed by atoms with van der Waals surface area (Å²) in [7, 11) is 0. The molecule has 146 valence electrons. The van der Waals surface area contributed by atoms with Crippen molar-refractivity contribution in [2.24, 2.45) is 5.92 Å². The average Bonchev–Trinajstić information content (AvgIpc) is 3.41. The zero-order chi connectivity index (χ0) is 20.0. The topological polar surface area (TPSA) is 77.3 Å². The van der Waals surface area contributed by atoms with Crippen LogP contribution in [0.15, 0.2) is 24.3 Å². The van der Waals surface area contributed by atoms with Crippen LogP contribution >= 0.6 is 0 Å². The number of pyridine rings is 1. The maximum atomic E-state index is 10.1. The summed E-state index contributed by atoms with van der Waals surface area (Å²) in [4.78, 5) is 7.22. The Labute approximate surface area is 169 Å². The second-order valence-electron chi connectivity index (χ2n) is 8.00. The van der Waals surface area contributed by atoms with Crippen LogP contribution in [0.5, 0.6) is 0 Å². The molecule has 6 heteroatoms. The summed E-state index contributed by atoms with van der Waals surface area (Å²) in [5.74, 6) is 1.21. The van der Waals surface area contributed by atoms with E-state index < -0.39 is 0 Å². The van der Waals surface area contributed by atoms with E-state index in [1.807, 2.05) is 18.2 Å². The second-order valence-corrected chi connectivity index (χ2v) is 8.00. The Kier molecular flexibility index (Phi) is 4.38. The lowest BCUT2D eigenvalue weighted by atomic mass is 9.94. The first kappa shape index (κ1) is 18.0. The highest BCUT2D eigenvalue weighted by Crippen LogP contribution is 2.40. The lowest BCUT2D eigenvalue weighted by Gasteiger charge is -2.34. The number of ether oxygens (including phenoxy) is 1. The fourth-order valence-electron chi connectivity index (χ4n) is 4.92. The van der Waals surface area contributed by atoms with Gasteiger partial charge in [0, 0.05) is 31.2 Å². The largest absolute Gasteiger partial charge is 0.373 e. The van der Waals surface area contributed by atoms with E-state index in [4.69, 9.17) is 9.72 Å². The van der Waals surface area contributed by atoms with Crippen molar-refractivity contribution in [3.63, 3.8) is 0 Å². The summed E-state index contributed by atoms with van der Waals surface area (Å²) in [5.41, 5.74) is 5.33. The molecule has 3 aromatic rings. The molecule has 6 nitrogen and oxygen atoms in total. The van der Waals surface area contributed by atoms with Crippen molar-refractivity contribution in [1.82, 2.24) is 9.38 Å². The zero-order valence-electron chi connectivity index (χ0n) is 16.6. The number of nitriles is 2. The van der Waals surface area contributed by atoms with Crippen molar-refractivity contribution < 1.29 is 4.74 Å². The van der Waals surface area contributed by atoms with Crippen LogP contribution in [0.1, 0.15) is 48.5 Å². The Morgan fingerprint density at radius 3 is 2.62 bits per heavy atom. The number of fused-ring (bicyclic) bond motifs is 3. The third-order valence-corrected chi connectivity index (χ3v) is 6.35. The Bertz CT molecular complexity index is 1170. The molecule has 0 amide bonds. The number of benzene rings is 1. The highest BCUT2D eigenvalue weighted by atomic mass is 16.5. The minimum Gasteiger partial charge on any atom is -0.373 e. The van der Waals surface area contributed by atoms with Crippen molar-refractivity contribution in [3.8, 4) is 12.1 Å². The third kappa shape index (κ3) is 2.75. The van der Waals surface area contributed by atoms with E-state index in [-0.39, 0.29) is 12.0 Å². The van der Waals surface area contributed by atoms with Crippen molar-refractivity contribution in [3.05, 3.63) is 41.0 Å². The van der Waals surface area contributed by atoms with Gasteiger partial charge in [0.2, 0.25) is 0 Å². The number of anilines is 1. The summed E-state index contributed by atoms with van der Waals surface area (Å²) in [6.45, 7) is 4.51. The first-order valence-corrected chi connectivity index (χ1v) is 10.3. The number of aromatic nitrogens is 2. The van der Waals surface area contributed by atoms with E-state index >= 15 is 0 Å². The quantitative estimate of drug-likeness (QED) is 0.659. The molecule has 5 rings (SSSR count). The van der Waals surface area contributed by atoms with Gasteiger partial charge in [-0.05, 0) is 50.3 Å². The van der Waals surface area contributed by atoms with Gasteiger partial charge < -0.3 is 9.64 Å². The molecule has 1 aromatic carbocycles. The molecule has 0 spiro atoms. The first-order valence-electron chi connectivity index (χ1n) is 10.3. The van der Waals surface area contributed by atoms with Crippen molar-refractivity contribution in [2.75, 3.05) is 24.6 Å². The van der Waals surface area contributed by atoms with Gasteiger partial charge in [0.05, 0.1) is 23.2 Å². The Balaban J connectivity index is 1.81. The smallest absolute Gasteiger partial charge is 0.157 e. The predicted molar refractivity (Wildman–Crippen MR) is 111 cm³/mol. The van der Waals surface area contributed by atoms with Gasteiger partial charge in [-0.1, -0.05) is 12.1 Å². The molecule has 2 fully saturated rings. The number of piperidine rings is 1. The number of hydrogen-bond donors (Lipinski definition) is 0. The number of nitrogens with zero attached hydrogens (tertiary/aromatic N) is 5. The molecule has 0 bridgehead atoms. The van der Waals surface area contributed by atoms with Crippen LogP contribution in [-0.4, -0.2) is 29.1 Å². The van der Waals surface area contributed by atoms with E-state index in [0.29, 0.717) is 11.2 Å². The predicted octanol–water partition coefficient (Wildman–Crippen LogP) is 4.26. The van der Waals surface area contributed by atoms with Crippen LogP contribution < -0.4 is 4.90 Å². The molecule has 2 aliphatic heterocycles. The summed E-state index contributed by atoms with van der Waals surface area (Å²) in [5, 5.41) is 19.4. The van der Waals surface area contributed by atoms with E-state index in [1.165, 1.54) is 0 Å². The van der Waals surface area contributed by atoms with Crippen molar-refractivity contribution >= 4 is 22.5 Å². The lowest BCUT2D eigenvalue weighted by molar-refractivity contribution is 0.111. The molecule has 0 aliphatic carbocycles. The Morgan fingerprint density at radius 2 is 1.93 bits per heavy atom. The molecule has 29 heavy (non-hydrogen) atoms. The summed E-state index contributed by atoms with van der Waals surface area (Å²) in [6, 6.07) is 12.9. The van der Waals surface area contributed by atoms with Crippen molar-refractivity contribution in [2.45, 2.75) is 38.7 Å². The standard InChI is InChI=1S/C23H23N5O/c1-15-21(20-7-4-12-29-20)17(14-25)22-26-18-5-2-3-6-19(18)28(22)23(15)27-10-8-16(13-24)9-11-27/h2-3,5-6,16,20H,4,7-12H2,1H3. The molecule has 0 radical (unpaired) electrons. The second kappa shape index (κ2) is 7.06. The highest BCUT2D eigenvalue weighted by molar-refractivity contribution is 5.86. The van der Waals surface area contributed by atoms with Gasteiger partial charge >= 0.3 is 0 Å². The molecule has 0 saturated carbocycles. The normalized spacial score (nSPS) is 20.2. The van der Waals surface area contributed by atoms with E-state index in [2.05, 4.69) is 34.4 Å². The van der Waals surface area contributed by atoms with E-state index in [9.17, 15) is 10.5 Å². The minimum atomic E-state index is -0.0511. The van der Waals surface area contributed by atoms with E-state index in [0.717, 1.165) is 73.4 Å². The zero-order valence-corrected chi connectivity index (χ0v) is 16.6. The molecular weight excluding hydrogens is 362 g/mol. The van der Waals surface area contributed by atoms with Crippen LogP contribution in [0.4, 0.5) is 5.82 Å². The molecule has 2 aliphatic rings. The van der Waals surface area contributed by atoms with E-state index in [1.54, 1.807) is 0 Å². The van der Waals surface area contributed by atoms with Crippen LogP contribution in [-0.2, 0) is 4.74 Å². The van der Waals surface area contributed by atoms with Gasteiger partial charge in [0.1, 0.15) is 17.5 Å². The van der Waals surface area contributed by atoms with Crippen LogP contribution in [0, 0.1) is 35.5 Å². The molecule has 0 N–H and O–H groups in total. The van der Waals surface area contributed by atoms with Crippen LogP contribution in [0.2, 0.25) is 0 Å². The summed E-state index contributed by atoms with van der Waals surface area (Å²) < 4.78 is 8.16. The first-order chi connectivity index (χ1) is 14.2. The van der Waals surface area contributed by atoms with Crippen LogP contribution in [0.3, 0.4) is 0 Å². The fraction of sp³-hybridized carbons (Fsp3) is 0.435. The van der Waals surface area contributed by atoms with Gasteiger partial charge in [-0.15, -0.1) is 0 Å². The number of rotatable bonds is 2. The molecule has 2 saturated heterocycles. The Morgan fingerprint density at radius 1 is 1.14 bits per heavy atom. The summed E-state index contributed by atoms with van der Waals surface area (Å²) in [6.07, 6.45) is 3.62. The number of hydrogen-bond acceptors (Lipinski definition) is 5. The third-order valence-electron chi connectivity index (χ3n) is 6.35. The summed E-state index contributed by atoms with van der Waals surface area (Å²) >= 11 is 0. The Hall–Kier alpha value is -3.09. The van der Waals surface area contributed by atoms with Gasteiger partial charge in [-0.3, -0.25) is 4.40 Å². The van der Waals surface area contributed by atoms with Gasteiger partial charge in [0.25, 0.3) is 0 Å². The molecular formula is C23H23N5O. The van der Waals surface area contributed by atoms with Crippen molar-refractivity contribution in [1.29, 1.82) is 10.5 Å². The maximum absolute atomic E-state index is 10.1. The van der Waals surface area contributed by atoms with Gasteiger partial charge in [0.15, 0.2) is 5.65 Å². The van der Waals surface area contributed by atoms with Gasteiger partial charge in [-0.2, -0.15) is 10.5 Å². The fourth-order valence-corrected chi connectivity index (χ4v) is 4.92. The highest BCUT2D eigenvalue weighted by Gasteiger charge is 2.31. The SMILES string of the molecule is Cc1c(C2CCCO2)c(C#N)c2nc3ccccc3n2c1N1CCC(C#N)CC1. The monoisotopic (exact) mass is 385 g/mol. The lowest BCUT2D eigenvalue weighted by Crippen LogP contribution is -2.35. The molecule has 1 atom stereocenters. The number of para-hydroxylation sites is 2. The molecule has 2 aromatic heterocycles.